The van der Waals surface area contributed by atoms with Crippen LogP contribution in [0.3, 0.4) is 0 Å². The van der Waals surface area contributed by atoms with Gasteiger partial charge in [-0.15, -0.1) is 11.1 Å². The van der Waals surface area contributed by atoms with Crippen molar-refractivity contribution in [3.8, 4) is 0 Å². The van der Waals surface area contributed by atoms with Crippen molar-refractivity contribution in [2.24, 2.45) is 0 Å². The van der Waals surface area contributed by atoms with E-state index in [4.69, 9.17) is 9.07 Å². The lowest BCUT2D eigenvalue weighted by Crippen LogP contribution is -1.81. The average molecular weight is 199 g/mol. The van der Waals surface area contributed by atoms with Crippen molar-refractivity contribution >= 4 is 28.3 Å². The molecule has 0 nitrogen and oxygen atoms in total. The molecule has 2 heteroatoms. The monoisotopic (exact) mass is 198 g/mol. The van der Waals surface area contributed by atoms with E-state index in [2.05, 4.69) is 6.58 Å². The van der Waals surface area contributed by atoms with Crippen LogP contribution in [0.4, 0.5) is 0 Å². The zero-order chi connectivity index (χ0) is 9.07. The van der Waals surface area contributed by atoms with Crippen molar-refractivity contribution in [2.75, 3.05) is 0 Å². The number of unbranched alkanes of at least 4 members (excludes halogenated alkanes) is 6. The highest BCUT2D eigenvalue weighted by Gasteiger charge is 1.92. The molecule has 0 aliphatic heterocycles. The lowest BCUT2D eigenvalue weighted by molar-refractivity contribution is 0.611. The van der Waals surface area contributed by atoms with Gasteiger partial charge in [0.25, 0.3) is 0 Å². The lowest BCUT2D eigenvalue weighted by Gasteiger charge is -1.98. The number of rotatable bonds is 9. The third-order valence-corrected chi connectivity index (χ3v) is 3.61. The zero-order valence-electron chi connectivity index (χ0n) is 8.03. The summed E-state index contributed by atoms with van der Waals surface area (Å²) in [6.45, 7) is 3.71. The first-order chi connectivity index (χ1) is 5.91. The van der Waals surface area contributed by atoms with Gasteiger partial charge in [0.1, 0.15) is 0 Å². The molecule has 0 unspecified atom stereocenters. The van der Waals surface area contributed by atoms with Crippen molar-refractivity contribution in [1.82, 2.24) is 0 Å². The highest BCUT2D eigenvalue weighted by atomic mass is 35.5. The maximum atomic E-state index is 5.71. The van der Waals surface area contributed by atoms with Gasteiger partial charge < -0.3 is 9.07 Å². The SMILES string of the molecule is C=CCCCCCCC[CH2][Mg][Cl]. The van der Waals surface area contributed by atoms with Crippen LogP contribution in [-0.2, 0) is 0 Å². The molecule has 68 valence electrons. The quantitative estimate of drug-likeness (QED) is 0.297. The molecule has 0 aromatic heterocycles. The number of hydrogen-bond acceptors (Lipinski definition) is 0. The molecule has 12 heavy (non-hydrogen) atoms. The van der Waals surface area contributed by atoms with Gasteiger partial charge >= 0.3 is 19.3 Å². The predicted molar refractivity (Wildman–Crippen MR) is 58.9 cm³/mol. The molecule has 0 atom stereocenters. The molecule has 0 radical (unpaired) electrons. The molecule has 0 aliphatic carbocycles. The second-order valence-electron chi connectivity index (χ2n) is 3.24. The van der Waals surface area contributed by atoms with E-state index in [-0.39, 0.29) is 19.3 Å². The second-order valence-corrected chi connectivity index (χ2v) is 5.46. The first kappa shape index (κ1) is 12.8. The normalized spacial score (nSPS) is 9.42. The summed E-state index contributed by atoms with van der Waals surface area (Å²) in [6.07, 6.45) is 11.5. The van der Waals surface area contributed by atoms with Gasteiger partial charge in [0.05, 0.1) is 0 Å². The van der Waals surface area contributed by atoms with Crippen molar-refractivity contribution in [1.29, 1.82) is 0 Å². The van der Waals surface area contributed by atoms with Gasteiger partial charge in [-0.2, -0.15) is 0 Å². The van der Waals surface area contributed by atoms with Gasteiger partial charge in [0.15, 0.2) is 0 Å². The highest BCUT2D eigenvalue weighted by molar-refractivity contribution is 6.93. The first-order valence-corrected chi connectivity index (χ1v) is 8.22. The summed E-state index contributed by atoms with van der Waals surface area (Å²) in [5, 5.41) is 0. The molecule has 0 aliphatic rings. The van der Waals surface area contributed by atoms with E-state index in [9.17, 15) is 0 Å². The second kappa shape index (κ2) is 11.8. The van der Waals surface area contributed by atoms with Gasteiger partial charge in [-0.1, -0.05) is 38.2 Å². The molecule has 0 aromatic carbocycles. The highest BCUT2D eigenvalue weighted by Crippen LogP contribution is 2.08. The molecule has 0 aromatic rings. The minimum atomic E-state index is -0.175. The Balaban J connectivity index is 2.77. The summed E-state index contributed by atoms with van der Waals surface area (Å²) in [6, 6.07) is 0. The summed E-state index contributed by atoms with van der Waals surface area (Å²) < 4.78 is 1.33. The molecule has 0 saturated heterocycles. The van der Waals surface area contributed by atoms with Crippen LogP contribution in [0.15, 0.2) is 12.7 Å². The summed E-state index contributed by atoms with van der Waals surface area (Å²) in [4.78, 5) is 0. The van der Waals surface area contributed by atoms with Crippen LogP contribution in [0.5, 0.6) is 0 Å². The first-order valence-electron chi connectivity index (χ1n) is 5.08. The topological polar surface area (TPSA) is 0 Å². The number of hydrogen-bond donors (Lipinski definition) is 0. The Kier molecular flexibility index (Phi) is 12.6. The van der Waals surface area contributed by atoms with Crippen LogP contribution >= 0.6 is 9.07 Å². The third-order valence-electron chi connectivity index (χ3n) is 2.04. The van der Waals surface area contributed by atoms with Gasteiger partial charge in [-0.25, -0.2) is 0 Å². The Morgan fingerprint density at radius 2 is 1.58 bits per heavy atom. The fraction of sp³-hybridized carbons (Fsp3) is 0.800. The summed E-state index contributed by atoms with van der Waals surface area (Å²) >= 11 is -0.175. The van der Waals surface area contributed by atoms with E-state index in [1.807, 2.05) is 6.08 Å². The molecule has 0 rings (SSSR count). The van der Waals surface area contributed by atoms with E-state index in [0.717, 1.165) is 0 Å². The fourth-order valence-electron chi connectivity index (χ4n) is 1.27. The van der Waals surface area contributed by atoms with Crippen LogP contribution in [0.1, 0.15) is 44.9 Å². The fourth-order valence-corrected chi connectivity index (χ4v) is 2.38. The molecule has 0 N–H and O–H groups in total. The Morgan fingerprint density at radius 1 is 1.00 bits per heavy atom. The molecule has 0 heterocycles. The molecule has 0 fully saturated rings. The number of halogens is 1. The standard InChI is InChI=1S/C10H19.ClH.Mg/c1-3-5-7-9-10-8-6-4-2;;/h3H,1-2,4-10H2;1H;/q;;+1/p-1. The van der Waals surface area contributed by atoms with Gasteiger partial charge in [0, 0.05) is 0 Å². The maximum Gasteiger partial charge on any atom is 0.501 e. The maximum absolute atomic E-state index is 5.71. The van der Waals surface area contributed by atoms with Crippen LogP contribution in [0.25, 0.3) is 0 Å². The van der Waals surface area contributed by atoms with Gasteiger partial charge in [-0.3, -0.25) is 0 Å². The smallest absolute Gasteiger partial charge is 0.346 e. The summed E-state index contributed by atoms with van der Waals surface area (Å²) in [5.74, 6) is 0. The minimum absolute atomic E-state index is 0.175. The predicted octanol–water partition coefficient (Wildman–Crippen LogP) is 4.18. The Bertz CT molecular complexity index is 93.8. The summed E-state index contributed by atoms with van der Waals surface area (Å²) in [7, 11) is 5.71. The van der Waals surface area contributed by atoms with Gasteiger partial charge in [-0.05, 0) is 12.8 Å². The molecular formula is C10H19ClMg. The Hall–Kier alpha value is 0.796. The van der Waals surface area contributed by atoms with E-state index in [1.54, 1.807) is 0 Å². The molecular weight excluding hydrogens is 180 g/mol. The van der Waals surface area contributed by atoms with Crippen molar-refractivity contribution < 1.29 is 0 Å². The van der Waals surface area contributed by atoms with Crippen LogP contribution in [0, 0.1) is 0 Å². The largest absolute Gasteiger partial charge is 0.501 e. The average Bonchev–Trinajstić information content (AvgIpc) is 2.10. The Labute approximate surface area is 90.3 Å². The zero-order valence-corrected chi connectivity index (χ0v) is 10.2. The van der Waals surface area contributed by atoms with Crippen LogP contribution in [-0.4, -0.2) is 19.3 Å². The lowest BCUT2D eigenvalue weighted by atomic mass is 10.1. The third kappa shape index (κ3) is 10.8. The van der Waals surface area contributed by atoms with Gasteiger partial charge in [0.2, 0.25) is 0 Å². The van der Waals surface area contributed by atoms with E-state index in [1.165, 1.54) is 49.5 Å². The molecule has 0 bridgehead atoms. The van der Waals surface area contributed by atoms with Crippen molar-refractivity contribution in [3.63, 3.8) is 0 Å². The molecule has 0 amide bonds. The van der Waals surface area contributed by atoms with Crippen LogP contribution in [0.2, 0.25) is 4.55 Å². The molecule has 0 saturated carbocycles. The van der Waals surface area contributed by atoms with Crippen molar-refractivity contribution in [2.45, 2.75) is 49.5 Å². The van der Waals surface area contributed by atoms with E-state index in [0.29, 0.717) is 0 Å². The Morgan fingerprint density at radius 3 is 2.17 bits per heavy atom. The van der Waals surface area contributed by atoms with Crippen molar-refractivity contribution in [3.05, 3.63) is 12.7 Å². The van der Waals surface area contributed by atoms with Crippen LogP contribution < -0.4 is 0 Å². The van der Waals surface area contributed by atoms with E-state index >= 15 is 0 Å². The number of allylic oxidation sites excluding steroid dienone is 1. The van der Waals surface area contributed by atoms with E-state index < -0.39 is 0 Å². The minimum Gasteiger partial charge on any atom is -0.346 e. The molecule has 0 spiro atoms. The summed E-state index contributed by atoms with van der Waals surface area (Å²) in [5.41, 5.74) is 0.